The van der Waals surface area contributed by atoms with E-state index < -0.39 is 17.5 Å². The second-order valence-corrected chi connectivity index (χ2v) is 18.9. The second-order valence-electron chi connectivity index (χ2n) is 16.6. The van der Waals surface area contributed by atoms with Crippen LogP contribution in [0.15, 0.2) is 142 Å². The maximum absolute atomic E-state index is 13.8. The van der Waals surface area contributed by atoms with E-state index >= 15 is 0 Å². The third-order valence-corrected chi connectivity index (χ3v) is 14.1. The molecule has 376 valence electrons. The summed E-state index contributed by atoms with van der Waals surface area (Å²) in [6, 6.07) is 33.9. The summed E-state index contributed by atoms with van der Waals surface area (Å²) in [5, 5.41) is 8.12. The van der Waals surface area contributed by atoms with Gasteiger partial charge in [0.05, 0.1) is 47.4 Å². The summed E-state index contributed by atoms with van der Waals surface area (Å²) in [5.74, 6) is -1.24. The Labute approximate surface area is 434 Å². The van der Waals surface area contributed by atoms with E-state index in [-0.39, 0.29) is 47.6 Å². The molecular weight excluding hydrogens is 988 g/mol. The number of carbonyl (C=O) groups is 4. The van der Waals surface area contributed by atoms with Crippen molar-refractivity contribution >= 4 is 90.8 Å². The first-order chi connectivity index (χ1) is 35.6. The summed E-state index contributed by atoms with van der Waals surface area (Å²) >= 11 is 7.89. The van der Waals surface area contributed by atoms with Crippen LogP contribution in [0.1, 0.15) is 65.0 Å². The fourth-order valence-corrected chi connectivity index (χ4v) is 10.2. The quantitative estimate of drug-likeness (QED) is 0.0927. The molecule has 1 amide bonds. The van der Waals surface area contributed by atoms with Crippen LogP contribution < -0.4 is 26.2 Å². The zero-order valence-electron chi connectivity index (χ0n) is 40.3. The van der Waals surface area contributed by atoms with Crippen LogP contribution in [0, 0.1) is 0 Å². The van der Waals surface area contributed by atoms with Crippen molar-refractivity contribution in [3.05, 3.63) is 185 Å². The fraction of sp³-hybridized carbons (Fsp3) is 0.259. The molecule has 0 saturated carbocycles. The average molecular weight is 1040 g/mol. The van der Waals surface area contributed by atoms with E-state index in [9.17, 15) is 28.8 Å². The minimum absolute atomic E-state index is 0.0000642. The summed E-state index contributed by atoms with van der Waals surface area (Å²) in [6.45, 7) is 9.36. The molecule has 2 aromatic carbocycles. The van der Waals surface area contributed by atoms with Crippen molar-refractivity contribution in [3.63, 3.8) is 0 Å². The number of rotatable bonds is 12. The minimum Gasteiger partial charge on any atom is -0.462 e. The molecule has 0 unspecified atom stereocenters. The summed E-state index contributed by atoms with van der Waals surface area (Å²) in [4.78, 5) is 92.8. The molecule has 0 spiro atoms. The van der Waals surface area contributed by atoms with E-state index in [4.69, 9.17) is 21.1 Å². The molecule has 2 aliphatic rings. The molecular formula is C54H53ClN8O8S2. The van der Waals surface area contributed by atoms with E-state index in [1.807, 2.05) is 112 Å². The van der Waals surface area contributed by atoms with Crippen molar-refractivity contribution in [1.82, 2.24) is 29.3 Å². The zero-order valence-corrected chi connectivity index (χ0v) is 42.7. The molecule has 2 aliphatic heterocycles. The lowest BCUT2D eigenvalue weighted by Gasteiger charge is -2.37. The van der Waals surface area contributed by atoms with Crippen LogP contribution >= 0.6 is 34.3 Å². The van der Waals surface area contributed by atoms with Gasteiger partial charge in [-0.25, -0.2) is 19.6 Å². The highest BCUT2D eigenvalue weighted by atomic mass is 35.5. The lowest BCUT2D eigenvalue weighted by atomic mass is 10.1. The van der Waals surface area contributed by atoms with Crippen LogP contribution in [0.5, 0.6) is 0 Å². The zero-order chi connectivity index (χ0) is 51.3. The van der Waals surface area contributed by atoms with E-state index in [1.54, 1.807) is 49.0 Å². The second kappa shape index (κ2) is 24.7. The van der Waals surface area contributed by atoms with Crippen LogP contribution in [0.25, 0.3) is 22.1 Å². The number of nitrogens with one attached hydrogen (secondary N) is 1. The molecule has 8 aromatic rings. The van der Waals surface area contributed by atoms with Gasteiger partial charge in [0.25, 0.3) is 22.3 Å². The van der Waals surface area contributed by atoms with Gasteiger partial charge < -0.3 is 29.5 Å². The number of thiophene rings is 2. The molecule has 16 nitrogen and oxygen atoms in total. The van der Waals surface area contributed by atoms with Crippen LogP contribution in [-0.4, -0.2) is 113 Å². The van der Waals surface area contributed by atoms with Crippen molar-refractivity contribution in [2.75, 3.05) is 75.4 Å². The van der Waals surface area contributed by atoms with Crippen molar-refractivity contribution in [3.8, 4) is 0 Å². The molecule has 19 heteroatoms. The van der Waals surface area contributed by atoms with Crippen LogP contribution in [0.3, 0.4) is 0 Å². The average Bonchev–Trinajstić information content (AvgIpc) is 4.18. The lowest BCUT2D eigenvalue weighted by Crippen LogP contribution is -2.49. The predicted octanol–water partition coefficient (Wildman–Crippen LogP) is 7.80. The smallest absolute Gasteiger partial charge is 0.345 e. The number of benzene rings is 2. The summed E-state index contributed by atoms with van der Waals surface area (Å²) < 4.78 is 13.7. The van der Waals surface area contributed by atoms with Gasteiger partial charge in [0.1, 0.15) is 22.4 Å². The Bertz CT molecular complexity index is 3300. The number of ether oxygens (including phenoxy) is 2. The Hall–Kier alpha value is -7.51. The number of anilines is 2. The number of hydrogen-bond acceptors (Lipinski definition) is 15. The SMILES string of the molecule is CCOC(=O)c1c(N2CCN(C(=O)c3cccs3)CC2)c2cccnc2n(Cc2ccccc2)c1=O.CCOC(=O)c1c(N2CCNCC2)c2cccnc2n(Cc2ccccc2)c1=O.O=C(Cl)c1cccs1. The third-order valence-electron chi connectivity index (χ3n) is 12.1. The van der Waals surface area contributed by atoms with Crippen molar-refractivity contribution in [1.29, 1.82) is 0 Å². The van der Waals surface area contributed by atoms with E-state index in [2.05, 4.69) is 20.2 Å². The highest BCUT2D eigenvalue weighted by Crippen LogP contribution is 2.32. The van der Waals surface area contributed by atoms with Gasteiger partial charge in [-0.15, -0.1) is 22.7 Å². The molecule has 2 saturated heterocycles. The summed E-state index contributed by atoms with van der Waals surface area (Å²) in [5.41, 5.74) is 3.41. The Morgan fingerprint density at radius 1 is 0.575 bits per heavy atom. The number of amides is 1. The molecule has 6 aromatic heterocycles. The largest absolute Gasteiger partial charge is 0.462 e. The number of hydrogen-bond donors (Lipinski definition) is 1. The molecule has 0 bridgehead atoms. The number of nitrogens with zero attached hydrogens (tertiary/aromatic N) is 7. The van der Waals surface area contributed by atoms with Crippen LogP contribution in [0.2, 0.25) is 0 Å². The number of aromatic nitrogens is 4. The summed E-state index contributed by atoms with van der Waals surface area (Å²) in [6.07, 6.45) is 3.32. The Kier molecular flexibility index (Phi) is 17.6. The standard InChI is InChI=1S/C27H26N4O4S.C22H24N4O3.C5H3ClOS/c1-2-35-27(34)22-23(29-13-15-30(16-14-29)25(32)21-11-7-17-36-21)20-10-6-12-28-24(20)31(26(22)33)18-19-8-4-3-5-9-19;1-2-29-22(28)18-19(25-13-11-23-12-14-25)17-9-6-10-24-20(17)26(21(18)27)15-16-7-4-3-5-8-16;6-5(7)4-2-1-3-8-4/h3-12,17H,2,13-16,18H2,1H3;3-10,23H,2,11-15H2,1H3;1-3H. The molecule has 8 heterocycles. The summed E-state index contributed by atoms with van der Waals surface area (Å²) in [7, 11) is 0. The van der Waals surface area contributed by atoms with Gasteiger partial charge in [-0.05, 0) is 83.7 Å². The Balaban J connectivity index is 0.000000172. The van der Waals surface area contributed by atoms with Gasteiger partial charge >= 0.3 is 11.9 Å². The molecule has 0 aliphatic carbocycles. The first-order valence-corrected chi connectivity index (χ1v) is 25.9. The molecule has 10 rings (SSSR count). The highest BCUT2D eigenvalue weighted by Gasteiger charge is 2.32. The monoisotopic (exact) mass is 1040 g/mol. The van der Waals surface area contributed by atoms with E-state index in [0.717, 1.165) is 29.6 Å². The van der Waals surface area contributed by atoms with E-state index in [0.29, 0.717) is 83.6 Å². The van der Waals surface area contributed by atoms with E-state index in [1.165, 1.54) is 27.2 Å². The maximum Gasteiger partial charge on any atom is 0.345 e. The van der Waals surface area contributed by atoms with Gasteiger partial charge in [-0.1, -0.05) is 72.8 Å². The minimum atomic E-state index is -0.651. The normalized spacial score (nSPS) is 13.4. The molecule has 1 N–H and O–H groups in total. The lowest BCUT2D eigenvalue weighted by molar-refractivity contribution is 0.0514. The molecule has 2 fully saturated rings. The van der Waals surface area contributed by atoms with Crippen molar-refractivity contribution in [2.45, 2.75) is 26.9 Å². The third kappa shape index (κ3) is 12.1. The van der Waals surface area contributed by atoms with Crippen LogP contribution in [0.4, 0.5) is 11.4 Å². The number of esters is 2. The number of carbonyl (C=O) groups excluding carboxylic acids is 4. The van der Waals surface area contributed by atoms with Gasteiger partial charge in [0, 0.05) is 75.5 Å². The number of fused-ring (bicyclic) bond motifs is 2. The van der Waals surface area contributed by atoms with Gasteiger partial charge in [-0.2, -0.15) is 0 Å². The fourth-order valence-electron chi connectivity index (χ4n) is 8.75. The van der Waals surface area contributed by atoms with Gasteiger partial charge in [0.2, 0.25) is 0 Å². The highest BCUT2D eigenvalue weighted by molar-refractivity contribution is 7.14. The first kappa shape index (κ1) is 51.8. The number of halogens is 1. The number of pyridine rings is 4. The molecule has 0 radical (unpaired) electrons. The Morgan fingerprint density at radius 2 is 1.03 bits per heavy atom. The molecule has 0 atom stereocenters. The van der Waals surface area contributed by atoms with Gasteiger partial charge in [-0.3, -0.25) is 28.3 Å². The van der Waals surface area contributed by atoms with Crippen molar-refractivity contribution < 1.29 is 28.7 Å². The maximum atomic E-state index is 13.8. The van der Waals surface area contributed by atoms with Crippen LogP contribution in [-0.2, 0) is 22.6 Å². The topological polar surface area (TPSA) is 178 Å². The van der Waals surface area contributed by atoms with Crippen molar-refractivity contribution in [2.24, 2.45) is 0 Å². The predicted molar refractivity (Wildman–Crippen MR) is 287 cm³/mol. The molecule has 73 heavy (non-hydrogen) atoms. The first-order valence-electron chi connectivity index (χ1n) is 23.8. The number of piperazine rings is 2. The Morgan fingerprint density at radius 3 is 1.44 bits per heavy atom. The van der Waals surface area contributed by atoms with Gasteiger partial charge in [0.15, 0.2) is 0 Å².